The monoisotopic (exact) mass is 305 g/mol. The molecule has 1 unspecified atom stereocenters. The van der Waals surface area contributed by atoms with Crippen LogP contribution in [0.2, 0.25) is 0 Å². The van der Waals surface area contributed by atoms with Gasteiger partial charge in [-0.05, 0) is 24.3 Å². The minimum absolute atomic E-state index is 0. The number of aliphatic carboxylic acids is 1. The van der Waals surface area contributed by atoms with E-state index in [9.17, 15) is 23.9 Å². The maximum atomic E-state index is 13.1. The first kappa shape index (κ1) is 16.8. The quantitative estimate of drug-likeness (QED) is 0.404. The van der Waals surface area contributed by atoms with Crippen molar-refractivity contribution in [2.24, 2.45) is 11.7 Å². The minimum Gasteiger partial charge on any atom is -0.544 e. The number of hydrogen-bond donors (Lipinski definition) is 1. The molecule has 1 saturated heterocycles. The predicted molar refractivity (Wildman–Crippen MR) is 62.5 cm³/mol. The van der Waals surface area contributed by atoms with Gasteiger partial charge in [0, 0.05) is 0 Å². The van der Waals surface area contributed by atoms with Crippen LogP contribution in [0.15, 0.2) is 11.6 Å². The molecule has 1 aliphatic carbocycles. The van der Waals surface area contributed by atoms with E-state index < -0.39 is 36.3 Å². The number of hydroxylamine groups is 2. The summed E-state index contributed by atoms with van der Waals surface area (Å²) in [7, 11) is 0. The van der Waals surface area contributed by atoms with Crippen molar-refractivity contribution < 1.29 is 47.6 Å². The summed E-state index contributed by atoms with van der Waals surface area (Å²) in [6, 6.07) is -2.29. The fourth-order valence-electron chi connectivity index (χ4n) is 2.81. The second-order valence-electron chi connectivity index (χ2n) is 5.31. The molecule has 2 aliphatic heterocycles. The molecule has 2 N–H and O–H groups in total. The average Bonchev–Trinajstić information content (AvgIpc) is 3.23. The van der Waals surface area contributed by atoms with Gasteiger partial charge >= 0.3 is 24.9 Å². The molecule has 2 fully saturated rings. The largest absolute Gasteiger partial charge is 1.00 e. The second-order valence-corrected chi connectivity index (χ2v) is 5.31. The summed E-state index contributed by atoms with van der Waals surface area (Å²) in [6.45, 7) is 0.0996. The van der Waals surface area contributed by atoms with Crippen molar-refractivity contribution in [3.8, 4) is 0 Å². The van der Waals surface area contributed by atoms with E-state index >= 15 is 0 Å². The first-order valence-electron chi connectivity index (χ1n) is 6.52. The topological polar surface area (TPSA) is 116 Å². The van der Waals surface area contributed by atoms with Crippen LogP contribution in [-0.4, -0.2) is 52.9 Å². The molecule has 10 heteroatoms. The van der Waals surface area contributed by atoms with Gasteiger partial charge in [0.1, 0.15) is 12.0 Å². The van der Waals surface area contributed by atoms with E-state index in [1.54, 1.807) is 6.08 Å². The zero-order valence-corrected chi connectivity index (χ0v) is 11.9. The van der Waals surface area contributed by atoms with Crippen LogP contribution in [0.4, 0.5) is 9.18 Å². The molecule has 0 aromatic carbocycles. The summed E-state index contributed by atoms with van der Waals surface area (Å²) >= 11 is 0. The van der Waals surface area contributed by atoms with Crippen molar-refractivity contribution in [1.82, 2.24) is 9.96 Å². The van der Waals surface area contributed by atoms with Crippen LogP contribution in [0, 0.1) is 5.92 Å². The Morgan fingerprint density at radius 3 is 2.59 bits per heavy atom. The minimum atomic E-state index is -2.75. The summed E-state index contributed by atoms with van der Waals surface area (Å²) < 4.78 is 13.1. The van der Waals surface area contributed by atoms with Gasteiger partial charge in [0.15, 0.2) is 0 Å². The third-order valence-corrected chi connectivity index (χ3v) is 3.84. The van der Waals surface area contributed by atoms with Crippen LogP contribution >= 0.6 is 0 Å². The molecular formula is C12H13FLiN3O5. The standard InChI is InChI=1S/C12H14FN3O5.Li/c13-9(11(18)19)21-16-6-3-7(5-1-2-5)8(10(14)17)15(4-6)12(16)20;/h3,5-6,8-9H,1-2,4H2,(H2,14,17)(H,18,19);/q;+1/p-1/t6-,8+,9?;/m1./s1. The van der Waals surface area contributed by atoms with E-state index in [1.807, 2.05) is 0 Å². The van der Waals surface area contributed by atoms with Crippen LogP contribution in [0.3, 0.4) is 0 Å². The number of nitrogens with zero attached hydrogens (tertiary/aromatic N) is 2. The van der Waals surface area contributed by atoms with Crippen molar-refractivity contribution in [2.75, 3.05) is 6.54 Å². The number of nitrogens with two attached hydrogens (primary N) is 1. The zero-order valence-electron chi connectivity index (χ0n) is 11.9. The van der Waals surface area contributed by atoms with Crippen molar-refractivity contribution >= 4 is 17.9 Å². The van der Waals surface area contributed by atoms with Gasteiger partial charge in [0.25, 0.3) is 6.36 Å². The van der Waals surface area contributed by atoms with Crippen molar-refractivity contribution in [1.29, 1.82) is 0 Å². The van der Waals surface area contributed by atoms with Gasteiger partial charge in [-0.3, -0.25) is 4.79 Å². The van der Waals surface area contributed by atoms with Gasteiger partial charge < -0.3 is 20.5 Å². The molecule has 0 spiro atoms. The number of fused-ring (bicyclic) bond motifs is 2. The van der Waals surface area contributed by atoms with Crippen molar-refractivity contribution in [3.63, 3.8) is 0 Å². The number of alkyl halides is 1. The number of carbonyl (C=O) groups excluding carboxylic acids is 3. The summed E-state index contributed by atoms with van der Waals surface area (Å²) in [6.07, 6.45) is 0.696. The molecule has 3 rings (SSSR count). The molecule has 2 bridgehead atoms. The normalized spacial score (nSPS) is 28.0. The Kier molecular flexibility index (Phi) is 4.51. The van der Waals surface area contributed by atoms with E-state index in [-0.39, 0.29) is 31.3 Å². The predicted octanol–water partition coefficient (Wildman–Crippen LogP) is -4.72. The smallest absolute Gasteiger partial charge is 0.544 e. The maximum absolute atomic E-state index is 13.1. The number of carboxylic acid groups (broad SMARTS) is 1. The second kappa shape index (κ2) is 5.91. The van der Waals surface area contributed by atoms with Crippen LogP contribution in [0.25, 0.3) is 0 Å². The molecule has 0 aromatic heterocycles. The number of primary amides is 1. The van der Waals surface area contributed by atoms with E-state index in [4.69, 9.17) is 5.73 Å². The number of amides is 3. The van der Waals surface area contributed by atoms with Gasteiger partial charge in [-0.1, -0.05) is 6.08 Å². The van der Waals surface area contributed by atoms with Crippen LogP contribution in [0.1, 0.15) is 12.8 Å². The Labute approximate surface area is 137 Å². The van der Waals surface area contributed by atoms with Gasteiger partial charge in [0.2, 0.25) is 5.91 Å². The van der Waals surface area contributed by atoms with Gasteiger partial charge in [-0.2, -0.15) is 5.06 Å². The molecule has 0 radical (unpaired) electrons. The molecule has 22 heavy (non-hydrogen) atoms. The average molecular weight is 305 g/mol. The summed E-state index contributed by atoms with van der Waals surface area (Å²) in [4.78, 5) is 39.8. The molecule has 114 valence electrons. The van der Waals surface area contributed by atoms with Crippen molar-refractivity contribution in [2.45, 2.75) is 31.3 Å². The molecule has 3 atom stereocenters. The Bertz CT molecular complexity index is 553. The molecule has 1 saturated carbocycles. The Balaban J connectivity index is 0.00000176. The maximum Gasteiger partial charge on any atom is 1.00 e. The summed E-state index contributed by atoms with van der Waals surface area (Å²) in [5.74, 6) is -2.56. The van der Waals surface area contributed by atoms with E-state index in [0.29, 0.717) is 5.06 Å². The van der Waals surface area contributed by atoms with E-state index in [1.165, 1.54) is 4.90 Å². The Morgan fingerprint density at radius 1 is 1.45 bits per heavy atom. The number of urea groups is 1. The molecule has 0 aromatic rings. The summed E-state index contributed by atoms with van der Waals surface area (Å²) in [5, 5.41) is 11.0. The first-order chi connectivity index (χ1) is 9.90. The Hall–Kier alpha value is -1.56. The van der Waals surface area contributed by atoms with E-state index in [0.717, 1.165) is 18.4 Å². The first-order valence-corrected chi connectivity index (χ1v) is 6.52. The molecule has 2 heterocycles. The number of carbonyl (C=O) groups is 3. The third-order valence-electron chi connectivity index (χ3n) is 3.84. The van der Waals surface area contributed by atoms with Gasteiger partial charge in [-0.15, -0.1) is 0 Å². The number of halogens is 1. The fourth-order valence-corrected chi connectivity index (χ4v) is 2.81. The summed E-state index contributed by atoms with van der Waals surface area (Å²) in [5.41, 5.74) is 6.08. The van der Waals surface area contributed by atoms with Crippen molar-refractivity contribution in [3.05, 3.63) is 11.6 Å². The third kappa shape index (κ3) is 2.72. The fraction of sp³-hybridized carbons (Fsp3) is 0.583. The number of hydrogen-bond acceptors (Lipinski definition) is 5. The molecule has 3 aliphatic rings. The number of carboxylic acids is 1. The molecular weight excluding hydrogens is 292 g/mol. The van der Waals surface area contributed by atoms with Gasteiger partial charge in [0.05, 0.1) is 12.6 Å². The molecule has 8 nitrogen and oxygen atoms in total. The van der Waals surface area contributed by atoms with Gasteiger partial charge in [-0.25, -0.2) is 14.0 Å². The molecule has 3 amide bonds. The number of rotatable bonds is 5. The van der Waals surface area contributed by atoms with Crippen LogP contribution < -0.4 is 29.7 Å². The Morgan fingerprint density at radius 2 is 2.09 bits per heavy atom. The zero-order chi connectivity index (χ0) is 15.3. The van der Waals surface area contributed by atoms with E-state index in [2.05, 4.69) is 4.84 Å². The van der Waals surface area contributed by atoms with Crippen LogP contribution in [0.5, 0.6) is 0 Å². The SMILES string of the molecule is NC(=O)[C@@H]1C(C2CC2)=C[C@@H]2CN1C(=O)N2OC(F)C(=O)[O-].[Li+]. The van der Waals surface area contributed by atoms with Crippen LogP contribution in [-0.2, 0) is 14.4 Å².